The van der Waals surface area contributed by atoms with Crippen LogP contribution in [0.15, 0.2) is 60.7 Å². The van der Waals surface area contributed by atoms with E-state index in [4.69, 9.17) is 10.5 Å². The van der Waals surface area contributed by atoms with Gasteiger partial charge in [0.25, 0.3) is 0 Å². The molecule has 0 bridgehead atoms. The van der Waals surface area contributed by atoms with Crippen LogP contribution in [-0.2, 0) is 22.6 Å². The van der Waals surface area contributed by atoms with Crippen molar-refractivity contribution in [3.05, 3.63) is 71.8 Å². The van der Waals surface area contributed by atoms with Crippen LogP contribution in [0.3, 0.4) is 0 Å². The van der Waals surface area contributed by atoms with Crippen molar-refractivity contribution in [2.45, 2.75) is 13.0 Å². The summed E-state index contributed by atoms with van der Waals surface area (Å²) in [5.74, 6) is -0.527. The van der Waals surface area contributed by atoms with Gasteiger partial charge in [0.1, 0.15) is 6.61 Å². The second-order valence-electron chi connectivity index (χ2n) is 4.72. The summed E-state index contributed by atoms with van der Waals surface area (Å²) in [6.45, 7) is 0.591. The van der Waals surface area contributed by atoms with Gasteiger partial charge in [-0.3, -0.25) is 4.79 Å². The number of nitrogens with two attached hydrogens (primary N) is 1. The van der Waals surface area contributed by atoms with Crippen molar-refractivity contribution in [3.63, 3.8) is 0 Å². The van der Waals surface area contributed by atoms with E-state index < -0.39 is 0 Å². The molecular weight excluding hydrogens is 250 g/mol. The van der Waals surface area contributed by atoms with Crippen LogP contribution >= 0.6 is 0 Å². The highest BCUT2D eigenvalue weighted by Gasteiger charge is 2.18. The van der Waals surface area contributed by atoms with Crippen LogP contribution in [0.25, 0.3) is 0 Å². The van der Waals surface area contributed by atoms with Crippen molar-refractivity contribution in [3.8, 4) is 0 Å². The number of rotatable bonds is 6. The van der Waals surface area contributed by atoms with E-state index in [0.29, 0.717) is 19.6 Å². The van der Waals surface area contributed by atoms with E-state index in [-0.39, 0.29) is 11.9 Å². The first-order chi connectivity index (χ1) is 9.79. The molecule has 0 heterocycles. The lowest BCUT2D eigenvalue weighted by molar-refractivity contribution is -0.149. The lowest BCUT2D eigenvalue weighted by Crippen LogP contribution is -2.27. The lowest BCUT2D eigenvalue weighted by Gasteiger charge is -2.14. The van der Waals surface area contributed by atoms with Crippen LogP contribution in [-0.4, -0.2) is 12.5 Å². The average molecular weight is 269 g/mol. The van der Waals surface area contributed by atoms with E-state index >= 15 is 0 Å². The Hall–Kier alpha value is -2.13. The van der Waals surface area contributed by atoms with Gasteiger partial charge in [0.2, 0.25) is 0 Å². The third kappa shape index (κ3) is 4.21. The zero-order valence-corrected chi connectivity index (χ0v) is 11.4. The van der Waals surface area contributed by atoms with E-state index in [2.05, 4.69) is 0 Å². The van der Waals surface area contributed by atoms with Gasteiger partial charge in [-0.05, 0) is 17.5 Å². The highest BCUT2D eigenvalue weighted by molar-refractivity contribution is 5.73. The van der Waals surface area contributed by atoms with Gasteiger partial charge in [0, 0.05) is 6.54 Å². The van der Waals surface area contributed by atoms with Crippen molar-refractivity contribution >= 4 is 5.97 Å². The van der Waals surface area contributed by atoms with Gasteiger partial charge in [-0.25, -0.2) is 0 Å². The molecule has 104 valence electrons. The number of hydrogen-bond donors (Lipinski definition) is 1. The molecule has 2 aromatic rings. The van der Waals surface area contributed by atoms with E-state index in [0.717, 1.165) is 11.1 Å². The second kappa shape index (κ2) is 7.46. The van der Waals surface area contributed by atoms with Crippen LogP contribution in [0.5, 0.6) is 0 Å². The molecule has 0 aliphatic rings. The van der Waals surface area contributed by atoms with Crippen LogP contribution < -0.4 is 5.73 Å². The highest BCUT2D eigenvalue weighted by atomic mass is 16.5. The van der Waals surface area contributed by atoms with Gasteiger partial charge in [0.05, 0.1) is 5.92 Å². The first kappa shape index (κ1) is 14.3. The number of hydrogen-bond acceptors (Lipinski definition) is 3. The van der Waals surface area contributed by atoms with Crippen molar-refractivity contribution in [1.82, 2.24) is 0 Å². The zero-order chi connectivity index (χ0) is 14.2. The number of esters is 1. The lowest BCUT2D eigenvalue weighted by atomic mass is 10.00. The van der Waals surface area contributed by atoms with Gasteiger partial charge in [-0.1, -0.05) is 60.7 Å². The van der Waals surface area contributed by atoms with Crippen LogP contribution in [0.1, 0.15) is 11.1 Å². The molecule has 0 saturated heterocycles. The van der Waals surface area contributed by atoms with Gasteiger partial charge >= 0.3 is 5.97 Å². The average Bonchev–Trinajstić information content (AvgIpc) is 2.52. The standard InChI is InChI=1S/C17H19NO2/c18-12-16(11-14-7-3-1-4-8-14)17(19)20-13-15-9-5-2-6-10-15/h1-10,16H,11-13,18H2/t16-/m0/s1. The molecule has 0 spiro atoms. The number of carbonyl (C=O) groups excluding carboxylic acids is 1. The van der Waals surface area contributed by atoms with E-state index in [9.17, 15) is 4.79 Å². The summed E-state index contributed by atoms with van der Waals surface area (Å²) >= 11 is 0. The molecule has 2 N–H and O–H groups in total. The summed E-state index contributed by atoms with van der Waals surface area (Å²) in [5.41, 5.74) is 7.77. The maximum absolute atomic E-state index is 12.0. The molecule has 0 radical (unpaired) electrons. The predicted molar refractivity (Wildman–Crippen MR) is 78.9 cm³/mol. The molecule has 2 rings (SSSR count). The molecule has 0 aliphatic heterocycles. The molecule has 20 heavy (non-hydrogen) atoms. The summed E-state index contributed by atoms with van der Waals surface area (Å²) in [6, 6.07) is 19.5. The van der Waals surface area contributed by atoms with Crippen molar-refractivity contribution in [1.29, 1.82) is 0 Å². The smallest absolute Gasteiger partial charge is 0.310 e. The largest absolute Gasteiger partial charge is 0.461 e. The van der Waals surface area contributed by atoms with Gasteiger partial charge in [-0.15, -0.1) is 0 Å². The van der Waals surface area contributed by atoms with E-state index in [1.807, 2.05) is 60.7 Å². The SMILES string of the molecule is NC[C@H](Cc1ccccc1)C(=O)OCc1ccccc1. The maximum Gasteiger partial charge on any atom is 0.310 e. The molecule has 1 atom stereocenters. The van der Waals surface area contributed by atoms with Crippen molar-refractivity contribution < 1.29 is 9.53 Å². The Bertz CT molecular complexity index is 525. The van der Waals surface area contributed by atoms with Gasteiger partial charge in [0.15, 0.2) is 0 Å². The quantitative estimate of drug-likeness (QED) is 0.820. The highest BCUT2D eigenvalue weighted by Crippen LogP contribution is 2.11. The maximum atomic E-state index is 12.0. The van der Waals surface area contributed by atoms with E-state index in [1.54, 1.807) is 0 Å². The number of benzene rings is 2. The summed E-state index contributed by atoms with van der Waals surface area (Å²) < 4.78 is 5.33. The molecule has 3 nitrogen and oxygen atoms in total. The minimum absolute atomic E-state index is 0.236. The van der Waals surface area contributed by atoms with Gasteiger partial charge < -0.3 is 10.5 Å². The van der Waals surface area contributed by atoms with E-state index in [1.165, 1.54) is 0 Å². The third-order valence-electron chi connectivity index (χ3n) is 3.17. The Morgan fingerprint density at radius 1 is 0.950 bits per heavy atom. The summed E-state index contributed by atoms with van der Waals surface area (Å²) in [7, 11) is 0. The Labute approximate surface area is 119 Å². The van der Waals surface area contributed by atoms with Crippen molar-refractivity contribution in [2.24, 2.45) is 11.7 Å². The molecule has 0 saturated carbocycles. The molecule has 0 amide bonds. The fraction of sp³-hybridized carbons (Fsp3) is 0.235. The number of carbonyl (C=O) groups is 1. The Morgan fingerprint density at radius 2 is 1.50 bits per heavy atom. The first-order valence-corrected chi connectivity index (χ1v) is 6.74. The van der Waals surface area contributed by atoms with Crippen LogP contribution in [0.2, 0.25) is 0 Å². The minimum atomic E-state index is -0.291. The Balaban J connectivity index is 1.89. The predicted octanol–water partition coefficient (Wildman–Crippen LogP) is 2.55. The second-order valence-corrected chi connectivity index (χ2v) is 4.72. The fourth-order valence-electron chi connectivity index (χ4n) is 2.01. The van der Waals surface area contributed by atoms with Crippen LogP contribution in [0, 0.1) is 5.92 Å². The summed E-state index contributed by atoms with van der Waals surface area (Å²) in [4.78, 5) is 12.0. The summed E-state index contributed by atoms with van der Waals surface area (Å²) in [5, 5.41) is 0. The first-order valence-electron chi connectivity index (χ1n) is 6.74. The molecular formula is C17H19NO2. The topological polar surface area (TPSA) is 52.3 Å². The molecule has 3 heteroatoms. The zero-order valence-electron chi connectivity index (χ0n) is 11.4. The molecule has 0 aromatic heterocycles. The fourth-order valence-corrected chi connectivity index (χ4v) is 2.01. The molecule has 2 aromatic carbocycles. The Kier molecular flexibility index (Phi) is 5.33. The minimum Gasteiger partial charge on any atom is -0.461 e. The number of ether oxygens (including phenoxy) is 1. The normalized spacial score (nSPS) is 11.8. The molecule has 0 unspecified atom stereocenters. The Morgan fingerprint density at radius 3 is 2.05 bits per heavy atom. The monoisotopic (exact) mass is 269 g/mol. The molecule has 0 aliphatic carbocycles. The molecule has 0 fully saturated rings. The summed E-state index contributed by atoms with van der Waals surface area (Å²) in [6.07, 6.45) is 0.616. The van der Waals surface area contributed by atoms with Crippen LogP contribution in [0.4, 0.5) is 0 Å². The van der Waals surface area contributed by atoms with Gasteiger partial charge in [-0.2, -0.15) is 0 Å². The van der Waals surface area contributed by atoms with Crippen molar-refractivity contribution in [2.75, 3.05) is 6.54 Å². The third-order valence-corrected chi connectivity index (χ3v) is 3.17.